The monoisotopic (exact) mass is 209 g/mol. The summed E-state index contributed by atoms with van der Waals surface area (Å²) in [7, 11) is 0. The Hall–Kier alpha value is -1.09. The van der Waals surface area contributed by atoms with E-state index in [4.69, 9.17) is 17.3 Å². The second kappa shape index (κ2) is 3.96. The highest BCUT2D eigenvalue weighted by atomic mass is 35.5. The van der Waals surface area contributed by atoms with Crippen molar-refractivity contribution < 1.29 is 0 Å². The molecule has 0 atom stereocenters. The van der Waals surface area contributed by atoms with Crippen LogP contribution in [0.5, 0.6) is 0 Å². The second-order valence-corrected chi connectivity index (χ2v) is 3.77. The Labute approximate surface area is 88.0 Å². The van der Waals surface area contributed by atoms with E-state index in [1.807, 2.05) is 0 Å². The lowest BCUT2D eigenvalue weighted by Crippen LogP contribution is -2.00. The van der Waals surface area contributed by atoms with E-state index >= 15 is 0 Å². The van der Waals surface area contributed by atoms with E-state index in [9.17, 15) is 0 Å². The minimum atomic E-state index is 0.364. The van der Waals surface area contributed by atoms with E-state index in [-0.39, 0.29) is 0 Å². The van der Waals surface area contributed by atoms with Crippen LogP contribution in [0.3, 0.4) is 0 Å². The molecule has 1 heterocycles. The van der Waals surface area contributed by atoms with Crippen molar-refractivity contribution in [1.82, 2.24) is 9.97 Å². The zero-order chi connectivity index (χ0) is 9.97. The van der Waals surface area contributed by atoms with Gasteiger partial charge in [-0.2, -0.15) is 0 Å². The van der Waals surface area contributed by atoms with Gasteiger partial charge in [-0.3, -0.25) is 0 Å². The Morgan fingerprint density at radius 1 is 1.29 bits per heavy atom. The lowest BCUT2D eigenvalue weighted by atomic mass is 9.97. The molecule has 0 fully saturated rings. The third kappa shape index (κ3) is 1.73. The molecule has 1 aromatic rings. The van der Waals surface area contributed by atoms with Crippen molar-refractivity contribution in [3.05, 3.63) is 23.1 Å². The Balaban J connectivity index is 2.40. The molecule has 0 bridgehead atoms. The van der Waals surface area contributed by atoms with Gasteiger partial charge in [0.05, 0.1) is 5.69 Å². The summed E-state index contributed by atoms with van der Waals surface area (Å²) in [6.45, 7) is 0. The molecule has 0 radical (unpaired) electrons. The number of nitrogens with two attached hydrogens (primary N) is 1. The Kier molecular flexibility index (Phi) is 2.68. The van der Waals surface area contributed by atoms with Crippen molar-refractivity contribution in [1.29, 1.82) is 0 Å². The highest BCUT2D eigenvalue weighted by Gasteiger charge is 2.13. The van der Waals surface area contributed by atoms with Gasteiger partial charge in [-0.25, -0.2) is 9.97 Å². The molecule has 0 aliphatic heterocycles. The highest BCUT2D eigenvalue weighted by molar-refractivity contribution is 6.34. The van der Waals surface area contributed by atoms with Crippen LogP contribution in [0.1, 0.15) is 31.4 Å². The highest BCUT2D eigenvalue weighted by Crippen LogP contribution is 2.31. The number of halogens is 1. The van der Waals surface area contributed by atoms with E-state index in [0.29, 0.717) is 10.8 Å². The number of hydrogen-bond donors (Lipinski definition) is 1. The van der Waals surface area contributed by atoms with Crippen LogP contribution in [0.4, 0.5) is 5.82 Å². The van der Waals surface area contributed by atoms with Crippen LogP contribution < -0.4 is 5.73 Å². The molecule has 74 valence electrons. The van der Waals surface area contributed by atoms with Crippen LogP contribution in [-0.2, 0) is 0 Å². The molecule has 14 heavy (non-hydrogen) atoms. The van der Waals surface area contributed by atoms with E-state index in [1.165, 1.54) is 24.7 Å². The minimum Gasteiger partial charge on any atom is -0.382 e. The van der Waals surface area contributed by atoms with Crippen LogP contribution >= 0.6 is 11.6 Å². The van der Waals surface area contributed by atoms with Crippen molar-refractivity contribution in [2.24, 2.45) is 0 Å². The van der Waals surface area contributed by atoms with E-state index < -0.39 is 0 Å². The van der Waals surface area contributed by atoms with Gasteiger partial charge in [-0.1, -0.05) is 17.7 Å². The maximum absolute atomic E-state index is 6.04. The number of nitrogens with zero attached hydrogens (tertiary/aromatic N) is 2. The van der Waals surface area contributed by atoms with E-state index in [2.05, 4.69) is 16.0 Å². The molecule has 1 aromatic heterocycles. The second-order valence-electron chi connectivity index (χ2n) is 3.40. The lowest BCUT2D eigenvalue weighted by molar-refractivity contribution is 0.739. The standard InChI is InChI=1S/C10H12ClN3/c11-8-9(13-6-14-10(8)12)7-4-2-1-3-5-7/h4,6H,1-3,5H2,(H2,12,13,14). The average Bonchev–Trinajstić information content (AvgIpc) is 2.23. The summed E-state index contributed by atoms with van der Waals surface area (Å²) in [6.07, 6.45) is 8.25. The average molecular weight is 210 g/mol. The molecule has 2 N–H and O–H groups in total. The van der Waals surface area contributed by atoms with Crippen molar-refractivity contribution in [3.63, 3.8) is 0 Å². The van der Waals surface area contributed by atoms with Gasteiger partial charge in [-0.05, 0) is 31.3 Å². The van der Waals surface area contributed by atoms with Gasteiger partial charge in [0.1, 0.15) is 17.2 Å². The summed E-state index contributed by atoms with van der Waals surface area (Å²) in [4.78, 5) is 8.01. The predicted octanol–water partition coefficient (Wildman–Crippen LogP) is 2.67. The van der Waals surface area contributed by atoms with Crippen LogP contribution in [0.25, 0.3) is 5.57 Å². The fraction of sp³-hybridized carbons (Fsp3) is 0.400. The van der Waals surface area contributed by atoms with E-state index in [1.54, 1.807) is 0 Å². The molecule has 3 nitrogen and oxygen atoms in total. The summed E-state index contributed by atoms with van der Waals surface area (Å²) >= 11 is 6.04. The Morgan fingerprint density at radius 2 is 2.14 bits per heavy atom. The smallest absolute Gasteiger partial charge is 0.146 e. The summed E-state index contributed by atoms with van der Waals surface area (Å²) in [6, 6.07) is 0. The molecule has 0 saturated carbocycles. The fourth-order valence-electron chi connectivity index (χ4n) is 1.66. The first-order valence-electron chi connectivity index (χ1n) is 4.74. The van der Waals surface area contributed by atoms with Crippen molar-refractivity contribution in [3.8, 4) is 0 Å². The van der Waals surface area contributed by atoms with Gasteiger partial charge in [0.25, 0.3) is 0 Å². The first kappa shape index (κ1) is 9.46. The molecule has 0 saturated heterocycles. The number of aromatic nitrogens is 2. The SMILES string of the molecule is Nc1ncnc(C2=CCCCC2)c1Cl. The van der Waals surface area contributed by atoms with Gasteiger partial charge in [0, 0.05) is 0 Å². The van der Waals surface area contributed by atoms with Gasteiger partial charge >= 0.3 is 0 Å². The summed E-state index contributed by atoms with van der Waals surface area (Å²) in [5, 5.41) is 0.487. The number of nitrogen functional groups attached to an aromatic ring is 1. The number of rotatable bonds is 1. The first-order valence-corrected chi connectivity index (χ1v) is 5.12. The fourth-order valence-corrected chi connectivity index (χ4v) is 1.88. The first-order chi connectivity index (χ1) is 6.79. The van der Waals surface area contributed by atoms with Gasteiger partial charge in [0.15, 0.2) is 0 Å². The molecular formula is C10H12ClN3. The number of anilines is 1. The molecule has 1 aliphatic rings. The molecule has 4 heteroatoms. The van der Waals surface area contributed by atoms with Gasteiger partial charge in [0.2, 0.25) is 0 Å². The third-order valence-electron chi connectivity index (χ3n) is 2.41. The Bertz CT molecular complexity index is 374. The summed E-state index contributed by atoms with van der Waals surface area (Å²) in [5.74, 6) is 0.364. The van der Waals surface area contributed by atoms with Crippen LogP contribution in [0.15, 0.2) is 12.4 Å². The lowest BCUT2D eigenvalue weighted by Gasteiger charge is -2.13. The Morgan fingerprint density at radius 3 is 2.86 bits per heavy atom. The molecule has 0 unspecified atom stereocenters. The van der Waals surface area contributed by atoms with Crippen LogP contribution in [0, 0.1) is 0 Å². The maximum atomic E-state index is 6.04. The van der Waals surface area contributed by atoms with Crippen LogP contribution in [0.2, 0.25) is 5.02 Å². The topological polar surface area (TPSA) is 51.8 Å². The van der Waals surface area contributed by atoms with Crippen molar-refractivity contribution in [2.45, 2.75) is 25.7 Å². The quantitative estimate of drug-likeness (QED) is 0.774. The molecule has 0 amide bonds. The molecular weight excluding hydrogens is 198 g/mol. The summed E-state index contributed by atoms with van der Waals surface area (Å²) in [5.41, 5.74) is 7.63. The largest absolute Gasteiger partial charge is 0.382 e. The number of allylic oxidation sites excluding steroid dienone is 2. The molecule has 1 aliphatic carbocycles. The molecule has 2 rings (SSSR count). The van der Waals surface area contributed by atoms with Gasteiger partial charge in [-0.15, -0.1) is 0 Å². The number of hydrogen-bond acceptors (Lipinski definition) is 3. The summed E-state index contributed by atoms with van der Waals surface area (Å²) < 4.78 is 0. The van der Waals surface area contributed by atoms with Crippen LogP contribution in [-0.4, -0.2) is 9.97 Å². The molecule has 0 aromatic carbocycles. The zero-order valence-electron chi connectivity index (χ0n) is 7.83. The van der Waals surface area contributed by atoms with Crippen molar-refractivity contribution in [2.75, 3.05) is 5.73 Å². The molecule has 0 spiro atoms. The van der Waals surface area contributed by atoms with Gasteiger partial charge < -0.3 is 5.73 Å². The van der Waals surface area contributed by atoms with E-state index in [0.717, 1.165) is 18.5 Å². The van der Waals surface area contributed by atoms with Crippen molar-refractivity contribution >= 4 is 23.0 Å². The third-order valence-corrected chi connectivity index (χ3v) is 2.78. The zero-order valence-corrected chi connectivity index (χ0v) is 8.59. The normalized spacial score (nSPS) is 16.5. The maximum Gasteiger partial charge on any atom is 0.146 e. The minimum absolute atomic E-state index is 0.364. The predicted molar refractivity (Wildman–Crippen MR) is 57.9 cm³/mol.